The van der Waals surface area contributed by atoms with Gasteiger partial charge in [0.15, 0.2) is 0 Å². The number of phenols is 1. The number of phenolic OH excluding ortho intramolecular Hbond substituents is 1. The Labute approximate surface area is 241 Å². The van der Waals surface area contributed by atoms with Crippen LogP contribution in [-0.2, 0) is 0 Å². The van der Waals surface area contributed by atoms with Crippen molar-refractivity contribution < 1.29 is 9.50 Å². The molecule has 0 aliphatic rings. The third-order valence-corrected chi connectivity index (χ3v) is 7.10. The largest absolute Gasteiger partial charge is 0.508 e. The maximum atomic E-state index is 14.4. The molecule has 3 heterocycles. The summed E-state index contributed by atoms with van der Waals surface area (Å²) in [5.74, 6) is -0.486. The van der Waals surface area contributed by atoms with Gasteiger partial charge in [-0.1, -0.05) is 36.4 Å². The van der Waals surface area contributed by atoms with Gasteiger partial charge in [0, 0.05) is 41.1 Å². The first-order chi connectivity index (χ1) is 20.3. The quantitative estimate of drug-likeness (QED) is 0.216. The molecule has 3 aromatic carbocycles. The first kappa shape index (κ1) is 26.6. The maximum Gasteiger partial charge on any atom is 0.263 e. The number of nitrogens with one attached hydrogen (secondary N) is 1. The van der Waals surface area contributed by atoms with E-state index in [0.29, 0.717) is 33.7 Å². The number of para-hydroxylation sites is 1. The number of nitrogen functional groups attached to an aromatic ring is 1. The van der Waals surface area contributed by atoms with Gasteiger partial charge in [-0.2, -0.15) is 4.98 Å². The normalized spacial score (nSPS) is 11.9. The molecule has 8 nitrogen and oxygen atoms in total. The van der Waals surface area contributed by atoms with E-state index in [1.54, 1.807) is 10.8 Å². The van der Waals surface area contributed by atoms with Crippen molar-refractivity contribution in [3.05, 3.63) is 125 Å². The van der Waals surface area contributed by atoms with Crippen molar-refractivity contribution in [2.45, 2.75) is 19.9 Å². The molecule has 0 radical (unpaired) electrons. The summed E-state index contributed by atoms with van der Waals surface area (Å²) >= 11 is 0. The average molecular weight is 559 g/mol. The Morgan fingerprint density at radius 2 is 1.74 bits per heavy atom. The lowest BCUT2D eigenvalue weighted by molar-refractivity contribution is 0.469. The molecule has 0 saturated heterocycles. The molecular weight excluding hydrogens is 531 g/mol. The van der Waals surface area contributed by atoms with Crippen molar-refractivity contribution in [2.24, 2.45) is 0 Å². The van der Waals surface area contributed by atoms with Gasteiger partial charge in [-0.05, 0) is 78.4 Å². The summed E-state index contributed by atoms with van der Waals surface area (Å²) in [7, 11) is 0. The topological polar surface area (TPSA) is 119 Å². The van der Waals surface area contributed by atoms with Crippen molar-refractivity contribution in [3.8, 4) is 33.7 Å². The van der Waals surface area contributed by atoms with Gasteiger partial charge in [0.2, 0.25) is 5.95 Å². The van der Waals surface area contributed by atoms with E-state index in [4.69, 9.17) is 5.73 Å². The zero-order valence-corrected chi connectivity index (χ0v) is 22.9. The highest BCUT2D eigenvalue weighted by Crippen LogP contribution is 2.34. The van der Waals surface area contributed by atoms with E-state index < -0.39 is 11.9 Å². The molecule has 42 heavy (non-hydrogen) atoms. The molecule has 0 amide bonds. The van der Waals surface area contributed by atoms with Crippen LogP contribution < -0.4 is 16.6 Å². The van der Waals surface area contributed by atoms with Crippen LogP contribution in [0.2, 0.25) is 0 Å². The van der Waals surface area contributed by atoms with Gasteiger partial charge >= 0.3 is 0 Å². The summed E-state index contributed by atoms with van der Waals surface area (Å²) in [6.07, 6.45) is 3.21. The summed E-state index contributed by atoms with van der Waals surface area (Å²) in [5.41, 5.74) is 10.5. The van der Waals surface area contributed by atoms with Crippen LogP contribution in [0.5, 0.6) is 5.75 Å². The highest BCUT2D eigenvalue weighted by molar-refractivity contribution is 5.96. The molecule has 0 aliphatic carbocycles. The zero-order valence-electron chi connectivity index (χ0n) is 22.9. The molecule has 4 N–H and O–H groups in total. The molecule has 0 spiro atoms. The fourth-order valence-electron chi connectivity index (χ4n) is 5.22. The number of anilines is 2. The van der Waals surface area contributed by atoms with E-state index in [1.807, 2.05) is 80.6 Å². The van der Waals surface area contributed by atoms with Gasteiger partial charge in [0.1, 0.15) is 17.4 Å². The van der Waals surface area contributed by atoms with E-state index in [0.717, 1.165) is 28.3 Å². The molecule has 9 heteroatoms. The molecule has 0 fully saturated rings. The lowest BCUT2D eigenvalue weighted by atomic mass is 9.98. The van der Waals surface area contributed by atoms with Crippen molar-refractivity contribution >= 4 is 22.5 Å². The summed E-state index contributed by atoms with van der Waals surface area (Å²) in [6, 6.07) is 24.3. The number of benzene rings is 3. The number of hydrogen-bond acceptors (Lipinski definition) is 7. The second-order valence-corrected chi connectivity index (χ2v) is 10.1. The molecule has 1 atom stereocenters. The number of nitrogens with zero attached hydrogens (tertiary/aromatic N) is 4. The van der Waals surface area contributed by atoms with Gasteiger partial charge in [-0.3, -0.25) is 14.3 Å². The summed E-state index contributed by atoms with van der Waals surface area (Å²) in [4.78, 5) is 27.2. The molecule has 208 valence electrons. The molecule has 6 aromatic rings. The minimum absolute atomic E-state index is 0.0188. The molecular formula is C33H27FN6O2. The number of fused-ring (bicyclic) bond motifs is 1. The Hall–Kier alpha value is -5.57. The minimum atomic E-state index is -0.603. The third kappa shape index (κ3) is 5.03. The highest BCUT2D eigenvalue weighted by Gasteiger charge is 2.21. The summed E-state index contributed by atoms with van der Waals surface area (Å²) < 4.78 is 15.9. The van der Waals surface area contributed by atoms with Crippen LogP contribution in [0.15, 0.2) is 102 Å². The number of hydrogen-bond donors (Lipinski definition) is 3. The van der Waals surface area contributed by atoms with Gasteiger partial charge in [0.05, 0.1) is 11.4 Å². The van der Waals surface area contributed by atoms with E-state index in [2.05, 4.69) is 20.3 Å². The van der Waals surface area contributed by atoms with E-state index >= 15 is 0 Å². The number of aromatic hydroxyl groups is 1. The van der Waals surface area contributed by atoms with Gasteiger partial charge in [0.25, 0.3) is 5.56 Å². The van der Waals surface area contributed by atoms with E-state index in [9.17, 15) is 14.3 Å². The first-order valence-electron chi connectivity index (χ1n) is 13.3. The first-order valence-corrected chi connectivity index (χ1v) is 13.3. The van der Waals surface area contributed by atoms with Crippen LogP contribution in [0, 0.1) is 12.7 Å². The molecule has 0 bridgehead atoms. The lowest BCUT2D eigenvalue weighted by Crippen LogP contribution is -2.26. The lowest BCUT2D eigenvalue weighted by Gasteiger charge is -2.23. The minimum Gasteiger partial charge on any atom is -0.508 e. The summed E-state index contributed by atoms with van der Waals surface area (Å²) in [5, 5.41) is 14.7. The fourth-order valence-corrected chi connectivity index (χ4v) is 5.22. The molecule has 0 saturated carbocycles. The predicted octanol–water partition coefficient (Wildman–Crippen LogP) is 6.42. The second kappa shape index (κ2) is 10.8. The highest BCUT2D eigenvalue weighted by atomic mass is 19.1. The van der Waals surface area contributed by atoms with Crippen molar-refractivity contribution in [3.63, 3.8) is 0 Å². The fraction of sp³-hybridized carbons (Fsp3) is 0.0909. The van der Waals surface area contributed by atoms with Crippen molar-refractivity contribution in [2.75, 3.05) is 11.1 Å². The number of rotatable bonds is 6. The van der Waals surface area contributed by atoms with E-state index in [-0.39, 0.29) is 17.3 Å². The average Bonchev–Trinajstić information content (AvgIpc) is 2.96. The Morgan fingerprint density at radius 1 is 0.929 bits per heavy atom. The predicted molar refractivity (Wildman–Crippen MR) is 163 cm³/mol. The Kier molecular flexibility index (Phi) is 6.84. The Bertz CT molecular complexity index is 1990. The van der Waals surface area contributed by atoms with Crippen LogP contribution in [-0.4, -0.2) is 24.6 Å². The molecule has 0 aliphatic heterocycles. The second-order valence-electron chi connectivity index (χ2n) is 10.1. The maximum absolute atomic E-state index is 14.4. The number of aromatic nitrogens is 4. The number of halogens is 1. The molecule has 3 aromatic heterocycles. The molecule has 6 rings (SSSR count). The monoisotopic (exact) mass is 558 g/mol. The van der Waals surface area contributed by atoms with E-state index in [1.165, 1.54) is 18.3 Å². The molecule has 0 unspecified atom stereocenters. The van der Waals surface area contributed by atoms with Gasteiger partial charge < -0.3 is 16.2 Å². The van der Waals surface area contributed by atoms with Crippen LogP contribution in [0.4, 0.5) is 16.2 Å². The third-order valence-electron chi connectivity index (χ3n) is 7.10. The zero-order chi connectivity index (χ0) is 29.4. The van der Waals surface area contributed by atoms with Crippen LogP contribution in [0.25, 0.3) is 38.7 Å². The van der Waals surface area contributed by atoms with Crippen LogP contribution in [0.3, 0.4) is 0 Å². The number of nitrogens with two attached hydrogens (primary N) is 1. The smallest absolute Gasteiger partial charge is 0.263 e. The van der Waals surface area contributed by atoms with Crippen LogP contribution in [0.1, 0.15) is 24.4 Å². The SMILES string of the molecule is Cc1cc(-c2cccc3cc([C@H](C)Nc4nc(N)ncc4-c4cc(O)cc(F)c4)n(-c4ccccc4)c(=O)c23)ccn1. The summed E-state index contributed by atoms with van der Waals surface area (Å²) in [6.45, 7) is 3.82. The van der Waals surface area contributed by atoms with Gasteiger partial charge in [-0.15, -0.1) is 0 Å². The van der Waals surface area contributed by atoms with Crippen LogP contribution >= 0.6 is 0 Å². The van der Waals surface area contributed by atoms with Crippen molar-refractivity contribution in [1.82, 2.24) is 19.5 Å². The standard InChI is InChI=1S/C33H27FN6O2/c1-19-13-21(11-12-36-19)27-10-6-7-22-16-29(40(32(42)30(22)27)25-8-4-3-5-9-25)20(2)38-31-28(18-37-33(35)39-31)23-14-24(34)17-26(41)15-23/h3-18,20,41H,1-2H3,(H3,35,37,38,39)/t20-/m0/s1. The van der Waals surface area contributed by atoms with Crippen molar-refractivity contribution in [1.29, 1.82) is 0 Å². The van der Waals surface area contributed by atoms with Gasteiger partial charge in [-0.25, -0.2) is 9.37 Å². The number of aryl methyl sites for hydroxylation is 1. The Morgan fingerprint density at radius 3 is 2.50 bits per heavy atom. The number of pyridine rings is 2. The Balaban J connectivity index is 1.54.